The SMILES string of the molecule is CN(C)S(=O)(=O)c1ccc2c(c1)[N+]([O-])(C1CN3CCC1CC3)c1ccccc1S2. The smallest absolute Gasteiger partial charge is 0.242 e. The van der Waals surface area contributed by atoms with Gasteiger partial charge >= 0.3 is 0 Å². The molecule has 8 heteroatoms. The third-order valence-corrected chi connectivity index (χ3v) is 9.54. The number of hydrogen-bond donors (Lipinski definition) is 0. The summed E-state index contributed by atoms with van der Waals surface area (Å²) in [6, 6.07) is 12.7. The molecule has 2 bridgehead atoms. The molecule has 2 unspecified atom stereocenters. The van der Waals surface area contributed by atoms with Gasteiger partial charge in [-0.05, 0) is 44.1 Å². The normalized spacial score (nSPS) is 30.8. The summed E-state index contributed by atoms with van der Waals surface area (Å²) in [5.74, 6) is 0.357. The highest BCUT2D eigenvalue weighted by Crippen LogP contribution is 2.56. The van der Waals surface area contributed by atoms with Crippen LogP contribution in [-0.2, 0) is 10.0 Å². The Morgan fingerprint density at radius 2 is 1.76 bits per heavy atom. The van der Waals surface area contributed by atoms with Crippen LogP contribution in [0.25, 0.3) is 0 Å². The van der Waals surface area contributed by atoms with Gasteiger partial charge in [-0.25, -0.2) is 12.7 Å². The lowest BCUT2D eigenvalue weighted by Crippen LogP contribution is -2.63. The van der Waals surface area contributed by atoms with Crippen molar-refractivity contribution in [1.29, 1.82) is 0 Å². The molecule has 2 aromatic rings. The second-order valence-corrected chi connectivity index (χ2v) is 11.6. The summed E-state index contributed by atoms with van der Waals surface area (Å²) < 4.78 is 26.2. The van der Waals surface area contributed by atoms with Crippen molar-refractivity contribution in [3.8, 4) is 0 Å². The number of hydrogen-bond acceptors (Lipinski definition) is 5. The fourth-order valence-electron chi connectivity index (χ4n) is 4.98. The van der Waals surface area contributed by atoms with Gasteiger partial charge in [0.25, 0.3) is 0 Å². The van der Waals surface area contributed by atoms with Gasteiger partial charge in [-0.1, -0.05) is 23.9 Å². The molecule has 4 aliphatic heterocycles. The van der Waals surface area contributed by atoms with Crippen LogP contribution in [0.2, 0.25) is 0 Å². The Hall–Kier alpha value is -1.42. The number of benzene rings is 2. The molecular formula is C21H25N3O3S2. The molecule has 0 spiro atoms. The van der Waals surface area contributed by atoms with Crippen molar-refractivity contribution in [2.45, 2.75) is 33.6 Å². The standard InChI is InChI=1S/C21H25N3O3S2/c1-22(2)29(26,27)16-7-8-21-18(13-16)24(25,17-5-3-4-6-20(17)28-21)19-14-23-11-9-15(19)10-12-23/h3-8,13,15,19H,9-12,14H2,1-2H3. The molecule has 0 amide bonds. The molecule has 0 N–H and O–H groups in total. The number of hydroxylamine groups is 1. The van der Waals surface area contributed by atoms with E-state index in [2.05, 4.69) is 4.90 Å². The lowest BCUT2D eigenvalue weighted by molar-refractivity contribution is 0.0441. The van der Waals surface area contributed by atoms with Crippen LogP contribution in [0.1, 0.15) is 12.8 Å². The lowest BCUT2D eigenvalue weighted by atomic mass is 9.82. The monoisotopic (exact) mass is 431 g/mol. The topological polar surface area (TPSA) is 63.7 Å². The van der Waals surface area contributed by atoms with Gasteiger partial charge in [0.05, 0.1) is 21.2 Å². The van der Waals surface area contributed by atoms with Gasteiger partial charge in [-0.15, -0.1) is 0 Å². The molecule has 2 aromatic carbocycles. The van der Waals surface area contributed by atoms with E-state index in [9.17, 15) is 13.6 Å². The number of piperidine rings is 3. The Balaban J connectivity index is 1.72. The van der Waals surface area contributed by atoms with Crippen molar-refractivity contribution in [3.05, 3.63) is 47.7 Å². The number of nitrogens with zero attached hydrogens (tertiary/aromatic N) is 3. The van der Waals surface area contributed by atoms with Crippen LogP contribution >= 0.6 is 11.8 Å². The van der Waals surface area contributed by atoms with Crippen LogP contribution in [-0.4, -0.2) is 57.4 Å². The minimum Gasteiger partial charge on any atom is -0.622 e. The molecule has 154 valence electrons. The zero-order chi connectivity index (χ0) is 20.4. The average molecular weight is 432 g/mol. The number of fused-ring (bicyclic) bond motifs is 5. The summed E-state index contributed by atoms with van der Waals surface area (Å²) in [5, 5.41) is 14.9. The van der Waals surface area contributed by atoms with Crippen LogP contribution in [0, 0.1) is 11.1 Å². The highest BCUT2D eigenvalue weighted by Gasteiger charge is 2.49. The third-order valence-electron chi connectivity index (χ3n) is 6.60. The van der Waals surface area contributed by atoms with E-state index < -0.39 is 14.7 Å². The van der Waals surface area contributed by atoms with Crippen LogP contribution in [0.15, 0.2) is 57.2 Å². The van der Waals surface area contributed by atoms with Crippen LogP contribution < -0.4 is 4.65 Å². The van der Waals surface area contributed by atoms with Gasteiger partial charge in [0.1, 0.15) is 6.04 Å². The van der Waals surface area contributed by atoms with Gasteiger partial charge in [0.15, 0.2) is 11.4 Å². The molecule has 0 radical (unpaired) electrons. The van der Waals surface area contributed by atoms with E-state index in [1.165, 1.54) is 18.4 Å². The molecule has 6 rings (SSSR count). The van der Waals surface area contributed by atoms with E-state index in [1.807, 2.05) is 24.3 Å². The molecule has 3 fully saturated rings. The maximum Gasteiger partial charge on any atom is 0.242 e. The summed E-state index contributed by atoms with van der Waals surface area (Å²) >= 11 is 1.56. The Labute approximate surface area is 176 Å². The van der Waals surface area contributed by atoms with Crippen LogP contribution in [0.3, 0.4) is 0 Å². The Morgan fingerprint density at radius 1 is 1.07 bits per heavy atom. The van der Waals surface area contributed by atoms with E-state index >= 15 is 0 Å². The fourth-order valence-corrected chi connectivity index (χ4v) is 7.03. The van der Waals surface area contributed by atoms with E-state index in [1.54, 1.807) is 30.0 Å². The van der Waals surface area contributed by atoms with E-state index in [0.29, 0.717) is 11.6 Å². The van der Waals surface area contributed by atoms with Crippen molar-refractivity contribution in [3.63, 3.8) is 0 Å². The molecule has 0 saturated carbocycles. The van der Waals surface area contributed by atoms with Crippen molar-refractivity contribution in [2.24, 2.45) is 5.92 Å². The first-order valence-electron chi connectivity index (χ1n) is 9.98. The quantitative estimate of drug-likeness (QED) is 0.549. The molecule has 2 atom stereocenters. The molecule has 4 aliphatic rings. The largest absolute Gasteiger partial charge is 0.622 e. The van der Waals surface area contributed by atoms with Crippen molar-refractivity contribution in [2.75, 3.05) is 33.7 Å². The van der Waals surface area contributed by atoms with Crippen LogP contribution in [0.5, 0.6) is 0 Å². The summed E-state index contributed by atoms with van der Waals surface area (Å²) in [4.78, 5) is 4.39. The minimum absolute atomic E-state index is 0.115. The number of sulfonamides is 1. The lowest BCUT2D eigenvalue weighted by Gasteiger charge is -2.57. The van der Waals surface area contributed by atoms with Crippen molar-refractivity contribution < 1.29 is 8.42 Å². The second-order valence-electron chi connectivity index (χ2n) is 8.35. The highest BCUT2D eigenvalue weighted by molar-refractivity contribution is 7.99. The van der Waals surface area contributed by atoms with E-state index in [4.69, 9.17) is 0 Å². The predicted octanol–water partition coefficient (Wildman–Crippen LogP) is 3.63. The average Bonchev–Trinajstić information content (AvgIpc) is 2.74. The van der Waals surface area contributed by atoms with Crippen molar-refractivity contribution >= 4 is 33.2 Å². The number of quaternary nitrogens is 1. The summed E-state index contributed by atoms with van der Waals surface area (Å²) in [6.07, 6.45) is 2.07. The first kappa shape index (κ1) is 19.5. The maximum atomic E-state index is 14.9. The van der Waals surface area contributed by atoms with E-state index in [0.717, 1.165) is 48.0 Å². The Kier molecular flexibility index (Phi) is 4.58. The fraction of sp³-hybridized carbons (Fsp3) is 0.429. The first-order chi connectivity index (χ1) is 13.8. The summed E-state index contributed by atoms with van der Waals surface area (Å²) in [6.45, 7) is 2.87. The molecule has 3 saturated heterocycles. The van der Waals surface area contributed by atoms with Gasteiger partial charge in [0, 0.05) is 32.1 Å². The summed E-state index contributed by atoms with van der Waals surface area (Å²) in [7, 11) is -0.575. The molecule has 6 nitrogen and oxygen atoms in total. The first-order valence-corrected chi connectivity index (χ1v) is 12.2. The predicted molar refractivity (Wildman–Crippen MR) is 116 cm³/mol. The van der Waals surface area contributed by atoms with Crippen molar-refractivity contribution in [1.82, 2.24) is 13.9 Å². The zero-order valence-electron chi connectivity index (χ0n) is 16.6. The molecular weight excluding hydrogens is 406 g/mol. The van der Waals surface area contributed by atoms with Gasteiger partial charge < -0.3 is 5.21 Å². The van der Waals surface area contributed by atoms with Gasteiger partial charge in [-0.3, -0.25) is 9.55 Å². The van der Waals surface area contributed by atoms with Gasteiger partial charge in [0.2, 0.25) is 10.0 Å². The van der Waals surface area contributed by atoms with E-state index in [-0.39, 0.29) is 10.9 Å². The minimum atomic E-state index is -3.61. The van der Waals surface area contributed by atoms with Gasteiger partial charge in [-0.2, -0.15) is 0 Å². The molecule has 4 heterocycles. The maximum absolute atomic E-state index is 14.9. The Morgan fingerprint density at radius 3 is 2.41 bits per heavy atom. The second kappa shape index (κ2) is 6.80. The summed E-state index contributed by atoms with van der Waals surface area (Å²) in [5.41, 5.74) is 1.30. The number of rotatable bonds is 3. The highest BCUT2D eigenvalue weighted by atomic mass is 32.2. The molecule has 0 aromatic heterocycles. The molecule has 29 heavy (non-hydrogen) atoms. The zero-order valence-corrected chi connectivity index (χ0v) is 18.2. The molecule has 0 aliphatic carbocycles. The van der Waals surface area contributed by atoms with Crippen LogP contribution in [0.4, 0.5) is 11.4 Å². The number of para-hydroxylation sites is 1. The third kappa shape index (κ3) is 2.89. The Bertz CT molecular complexity index is 1060.